The van der Waals surface area contributed by atoms with Crippen molar-refractivity contribution >= 4 is 29.3 Å². The van der Waals surface area contributed by atoms with E-state index in [1.54, 1.807) is 18.2 Å². The lowest BCUT2D eigenvalue weighted by atomic mass is 10.1. The number of anilines is 1. The Morgan fingerprint density at radius 1 is 1.43 bits per heavy atom. The minimum absolute atomic E-state index is 0.392. The van der Waals surface area contributed by atoms with Crippen molar-refractivity contribution in [2.24, 2.45) is 0 Å². The Morgan fingerprint density at radius 3 is 2.71 bits per heavy atom. The van der Waals surface area contributed by atoms with Gasteiger partial charge in [0.1, 0.15) is 11.8 Å². The van der Waals surface area contributed by atoms with Gasteiger partial charge in [0, 0.05) is 11.8 Å². The molecule has 1 aromatic rings. The summed E-state index contributed by atoms with van der Waals surface area (Å²) < 4.78 is 5.04. The molecule has 7 heteroatoms. The van der Waals surface area contributed by atoms with Crippen LogP contribution in [-0.4, -0.2) is 30.3 Å². The van der Waals surface area contributed by atoms with Crippen LogP contribution in [0.5, 0.6) is 5.75 Å². The summed E-state index contributed by atoms with van der Waals surface area (Å²) in [6.45, 7) is 1.96. The van der Waals surface area contributed by atoms with Crippen LogP contribution in [0.1, 0.15) is 26.2 Å². The first-order valence-corrected chi connectivity index (χ1v) is 6.99. The number of carbonyl (C=O) groups is 2. The molecule has 0 aliphatic carbocycles. The maximum absolute atomic E-state index is 11.8. The van der Waals surface area contributed by atoms with E-state index in [1.807, 2.05) is 6.92 Å². The molecule has 2 amide bonds. The quantitative estimate of drug-likeness (QED) is 0.721. The summed E-state index contributed by atoms with van der Waals surface area (Å²) >= 11 is 5.88. The van der Waals surface area contributed by atoms with Crippen molar-refractivity contribution in [1.29, 1.82) is 0 Å². The van der Waals surface area contributed by atoms with Crippen molar-refractivity contribution in [1.82, 2.24) is 5.32 Å². The van der Waals surface area contributed by atoms with Gasteiger partial charge in [-0.2, -0.15) is 0 Å². The van der Waals surface area contributed by atoms with E-state index in [1.165, 1.54) is 7.11 Å². The fourth-order valence-corrected chi connectivity index (χ4v) is 1.92. The lowest BCUT2D eigenvalue weighted by molar-refractivity contribution is -0.139. The van der Waals surface area contributed by atoms with E-state index in [2.05, 4.69) is 10.6 Å². The molecule has 0 aromatic heterocycles. The Morgan fingerprint density at radius 2 is 2.14 bits per heavy atom. The summed E-state index contributed by atoms with van der Waals surface area (Å²) in [7, 11) is 1.47. The van der Waals surface area contributed by atoms with Crippen LogP contribution in [-0.2, 0) is 4.79 Å². The van der Waals surface area contributed by atoms with Crippen molar-refractivity contribution in [3.05, 3.63) is 23.2 Å². The number of halogens is 1. The summed E-state index contributed by atoms with van der Waals surface area (Å²) in [6.07, 6.45) is 1.98. The van der Waals surface area contributed by atoms with Crippen LogP contribution in [0.25, 0.3) is 0 Å². The van der Waals surface area contributed by atoms with E-state index >= 15 is 0 Å². The van der Waals surface area contributed by atoms with Crippen molar-refractivity contribution in [3.8, 4) is 5.75 Å². The standard InChI is InChI=1S/C14H19ClN2O4/c1-3-4-5-11(13(18)19)17-14(20)16-9-6-7-10(15)12(8-9)21-2/h6-8,11H,3-5H2,1-2H3,(H,18,19)(H2,16,17,20)/t11-/m0/s1. The number of benzene rings is 1. The van der Waals surface area contributed by atoms with Gasteiger partial charge in [0.2, 0.25) is 0 Å². The molecule has 0 aliphatic heterocycles. The Balaban J connectivity index is 2.65. The highest BCUT2D eigenvalue weighted by Crippen LogP contribution is 2.27. The van der Waals surface area contributed by atoms with Gasteiger partial charge < -0.3 is 20.5 Å². The number of carboxylic acids is 1. The summed E-state index contributed by atoms with van der Waals surface area (Å²) in [5.74, 6) is -0.623. The second-order valence-corrected chi connectivity index (χ2v) is 4.89. The highest BCUT2D eigenvalue weighted by molar-refractivity contribution is 6.32. The van der Waals surface area contributed by atoms with Crippen LogP contribution in [0.4, 0.5) is 10.5 Å². The van der Waals surface area contributed by atoms with Gasteiger partial charge in [-0.25, -0.2) is 9.59 Å². The molecular formula is C14H19ClN2O4. The summed E-state index contributed by atoms with van der Waals surface area (Å²) in [4.78, 5) is 22.9. The number of carboxylic acid groups (broad SMARTS) is 1. The van der Waals surface area contributed by atoms with Gasteiger partial charge in [0.25, 0.3) is 0 Å². The molecule has 0 saturated heterocycles. The molecule has 1 atom stereocenters. The van der Waals surface area contributed by atoms with Crippen LogP contribution in [0.2, 0.25) is 5.02 Å². The lowest BCUT2D eigenvalue weighted by Gasteiger charge is -2.15. The van der Waals surface area contributed by atoms with Gasteiger partial charge in [-0.05, 0) is 18.6 Å². The Bertz CT molecular complexity index is 508. The van der Waals surface area contributed by atoms with Gasteiger partial charge >= 0.3 is 12.0 Å². The lowest BCUT2D eigenvalue weighted by Crippen LogP contribution is -2.42. The first kappa shape index (κ1) is 17.1. The number of unbranched alkanes of at least 4 members (excludes halogenated alkanes) is 1. The Labute approximate surface area is 128 Å². The Hall–Kier alpha value is -1.95. The molecule has 116 valence electrons. The second kappa shape index (κ2) is 8.36. The van der Waals surface area contributed by atoms with Crippen molar-refractivity contribution < 1.29 is 19.4 Å². The van der Waals surface area contributed by atoms with Gasteiger partial charge in [-0.3, -0.25) is 0 Å². The predicted molar refractivity (Wildman–Crippen MR) is 81.1 cm³/mol. The fourth-order valence-electron chi connectivity index (χ4n) is 1.73. The molecule has 1 rings (SSSR count). The molecule has 0 aliphatic rings. The van der Waals surface area contributed by atoms with Crippen LogP contribution in [0, 0.1) is 0 Å². The number of ether oxygens (including phenoxy) is 1. The molecular weight excluding hydrogens is 296 g/mol. The summed E-state index contributed by atoms with van der Waals surface area (Å²) in [5.41, 5.74) is 0.466. The molecule has 0 saturated carbocycles. The third kappa shape index (κ3) is 5.51. The zero-order valence-electron chi connectivity index (χ0n) is 12.0. The van der Waals surface area contributed by atoms with Crippen LogP contribution < -0.4 is 15.4 Å². The first-order chi connectivity index (χ1) is 9.97. The molecule has 21 heavy (non-hydrogen) atoms. The number of urea groups is 1. The SMILES string of the molecule is CCCC[C@H](NC(=O)Nc1ccc(Cl)c(OC)c1)C(=O)O. The van der Waals surface area contributed by atoms with E-state index < -0.39 is 18.0 Å². The van der Waals surface area contributed by atoms with Gasteiger partial charge in [0.05, 0.1) is 12.1 Å². The van der Waals surface area contributed by atoms with Crippen LogP contribution in [0.15, 0.2) is 18.2 Å². The average molecular weight is 315 g/mol. The second-order valence-electron chi connectivity index (χ2n) is 4.48. The largest absolute Gasteiger partial charge is 0.495 e. The number of hydrogen-bond donors (Lipinski definition) is 3. The third-order valence-electron chi connectivity index (χ3n) is 2.86. The molecule has 1 aromatic carbocycles. The van der Waals surface area contributed by atoms with E-state index in [0.29, 0.717) is 22.9 Å². The third-order valence-corrected chi connectivity index (χ3v) is 3.17. The van der Waals surface area contributed by atoms with Crippen LogP contribution >= 0.6 is 11.6 Å². The van der Waals surface area contributed by atoms with E-state index in [0.717, 1.165) is 12.8 Å². The smallest absolute Gasteiger partial charge is 0.326 e. The van der Waals surface area contributed by atoms with Gasteiger partial charge in [-0.15, -0.1) is 0 Å². The van der Waals surface area contributed by atoms with Crippen LogP contribution in [0.3, 0.4) is 0 Å². The maximum atomic E-state index is 11.8. The zero-order chi connectivity index (χ0) is 15.8. The number of hydrogen-bond acceptors (Lipinski definition) is 3. The monoisotopic (exact) mass is 314 g/mol. The predicted octanol–water partition coefficient (Wildman–Crippen LogP) is 3.11. The normalized spacial score (nSPS) is 11.6. The molecule has 0 unspecified atom stereocenters. The first-order valence-electron chi connectivity index (χ1n) is 6.61. The van der Waals surface area contributed by atoms with Crippen molar-refractivity contribution in [3.63, 3.8) is 0 Å². The van der Waals surface area contributed by atoms with Crippen molar-refractivity contribution in [2.75, 3.05) is 12.4 Å². The van der Waals surface area contributed by atoms with E-state index in [-0.39, 0.29) is 0 Å². The number of carbonyl (C=O) groups excluding carboxylic acids is 1. The molecule has 0 bridgehead atoms. The molecule has 0 heterocycles. The van der Waals surface area contributed by atoms with Crippen molar-refractivity contribution in [2.45, 2.75) is 32.2 Å². The molecule has 6 nitrogen and oxygen atoms in total. The minimum Gasteiger partial charge on any atom is -0.495 e. The fraction of sp³-hybridized carbons (Fsp3) is 0.429. The highest BCUT2D eigenvalue weighted by Gasteiger charge is 2.19. The molecule has 0 fully saturated rings. The number of amides is 2. The summed E-state index contributed by atoms with van der Waals surface area (Å²) in [6, 6.07) is 3.26. The molecule has 0 spiro atoms. The Kier molecular flexibility index (Phi) is 6.81. The highest BCUT2D eigenvalue weighted by atomic mass is 35.5. The average Bonchev–Trinajstić information content (AvgIpc) is 2.45. The van der Waals surface area contributed by atoms with E-state index in [4.69, 9.17) is 21.4 Å². The number of methoxy groups -OCH3 is 1. The summed E-state index contributed by atoms with van der Waals surface area (Å²) in [5, 5.41) is 14.5. The molecule has 0 radical (unpaired) electrons. The maximum Gasteiger partial charge on any atom is 0.326 e. The minimum atomic E-state index is -1.05. The number of aliphatic carboxylic acids is 1. The van der Waals surface area contributed by atoms with Gasteiger partial charge in [-0.1, -0.05) is 31.4 Å². The van der Waals surface area contributed by atoms with E-state index in [9.17, 15) is 9.59 Å². The number of rotatable bonds is 7. The zero-order valence-corrected chi connectivity index (χ0v) is 12.7. The van der Waals surface area contributed by atoms with Gasteiger partial charge in [0.15, 0.2) is 0 Å². The number of nitrogens with one attached hydrogen (secondary N) is 2. The topological polar surface area (TPSA) is 87.7 Å². The molecule has 3 N–H and O–H groups in total.